The van der Waals surface area contributed by atoms with Gasteiger partial charge in [-0.3, -0.25) is 9.78 Å². The molecule has 0 fully saturated rings. The van der Waals surface area contributed by atoms with Crippen molar-refractivity contribution in [2.45, 2.75) is 0 Å². The van der Waals surface area contributed by atoms with Crippen molar-refractivity contribution in [3.05, 3.63) is 48.0 Å². The third-order valence-corrected chi connectivity index (χ3v) is 2.62. The molecule has 1 amide bonds. The summed E-state index contributed by atoms with van der Waals surface area (Å²) in [5.74, 6) is -3.54. The van der Waals surface area contributed by atoms with Crippen LogP contribution in [0.25, 0.3) is 11.1 Å². The van der Waals surface area contributed by atoms with Crippen molar-refractivity contribution in [3.63, 3.8) is 0 Å². The minimum atomic E-state index is -1.48. The number of pyridine rings is 1. The molecule has 0 atom stereocenters. The molecule has 1 N–H and O–H groups in total. The molecule has 0 bridgehead atoms. The van der Waals surface area contributed by atoms with Gasteiger partial charge in [-0.05, 0) is 23.3 Å². The Morgan fingerprint density at radius 3 is 2.38 bits per heavy atom. The number of carboxylic acid groups (broad SMARTS) is 1. The van der Waals surface area contributed by atoms with Crippen LogP contribution in [0.1, 0.15) is 10.5 Å². The van der Waals surface area contributed by atoms with Gasteiger partial charge in [0.1, 0.15) is 11.5 Å². The SMILES string of the molecule is O=C([O-])CNC(=O)c1ncc(-c2cccc(F)c2)cc1[O-].[K+].[K+].[NaH]. The van der Waals surface area contributed by atoms with Crippen LogP contribution >= 0.6 is 0 Å². The minimum absolute atomic E-state index is 0. The average Bonchev–Trinajstić information content (AvgIpc) is 2.44. The van der Waals surface area contributed by atoms with E-state index in [4.69, 9.17) is 0 Å². The number of carbonyl (C=O) groups excluding carboxylic acids is 2. The fourth-order valence-corrected chi connectivity index (χ4v) is 1.68. The van der Waals surface area contributed by atoms with Crippen LogP contribution in [-0.4, -0.2) is 53.0 Å². The van der Waals surface area contributed by atoms with E-state index in [-0.39, 0.29) is 132 Å². The van der Waals surface area contributed by atoms with Crippen LogP contribution in [0.5, 0.6) is 5.75 Å². The molecule has 10 heteroatoms. The summed E-state index contributed by atoms with van der Waals surface area (Å²) in [7, 11) is 0. The molecule has 0 saturated heterocycles. The van der Waals surface area contributed by atoms with Crippen molar-refractivity contribution >= 4 is 41.4 Å². The van der Waals surface area contributed by atoms with Gasteiger partial charge in [0.25, 0.3) is 5.91 Å². The van der Waals surface area contributed by atoms with Crippen LogP contribution in [0, 0.1) is 5.82 Å². The van der Waals surface area contributed by atoms with Crippen molar-refractivity contribution < 1.29 is 127 Å². The Balaban J connectivity index is 0. The molecule has 0 aliphatic rings. The Hall–Kier alpha value is 1.31. The Labute approximate surface area is 245 Å². The standard InChI is InChI=1S/C14H11FN2O4.2K.Na.H/c15-10-3-1-2-8(4-10)9-5-11(18)13(16-6-9)14(21)17-7-12(19)20;;;;/h1-6,18H,7H2,(H,17,21)(H,19,20);;;;/q;2*+1;;/p-2. The average molecular weight is 390 g/mol. The Morgan fingerprint density at radius 1 is 1.17 bits per heavy atom. The molecule has 6 nitrogen and oxygen atoms in total. The monoisotopic (exact) mass is 390 g/mol. The van der Waals surface area contributed by atoms with Crippen molar-refractivity contribution in [1.29, 1.82) is 0 Å². The molecule has 0 spiro atoms. The van der Waals surface area contributed by atoms with Gasteiger partial charge in [-0.25, -0.2) is 4.39 Å². The molecule has 1 aromatic heterocycles. The molecule has 1 heterocycles. The number of amides is 1. The van der Waals surface area contributed by atoms with E-state index in [0.29, 0.717) is 11.1 Å². The van der Waals surface area contributed by atoms with E-state index in [1.165, 1.54) is 24.4 Å². The first kappa shape index (κ1) is 27.5. The molecular weight excluding hydrogens is 380 g/mol. The van der Waals surface area contributed by atoms with E-state index in [1.54, 1.807) is 6.07 Å². The summed E-state index contributed by atoms with van der Waals surface area (Å²) in [5.41, 5.74) is 0.369. The first-order chi connectivity index (χ1) is 9.97. The molecule has 0 aliphatic carbocycles. The predicted octanol–water partition coefficient (Wildman–Crippen LogP) is -7.20. The second-order valence-electron chi connectivity index (χ2n) is 4.14. The zero-order valence-electron chi connectivity index (χ0n) is 12.6. The van der Waals surface area contributed by atoms with E-state index in [1.807, 2.05) is 5.32 Å². The summed E-state index contributed by atoms with van der Waals surface area (Å²) < 4.78 is 13.1. The number of hydrogen-bond donors (Lipinski definition) is 1. The zero-order valence-corrected chi connectivity index (χ0v) is 18.9. The summed E-state index contributed by atoms with van der Waals surface area (Å²) in [6, 6.07) is 6.70. The molecule has 1 aromatic carbocycles. The Bertz CT molecular complexity index is 719. The van der Waals surface area contributed by atoms with Crippen LogP contribution in [0.3, 0.4) is 0 Å². The molecule has 0 radical (unpaired) electrons. The third-order valence-electron chi connectivity index (χ3n) is 2.62. The van der Waals surface area contributed by atoms with Gasteiger partial charge in [-0.2, -0.15) is 0 Å². The van der Waals surface area contributed by atoms with Crippen molar-refractivity contribution in [2.75, 3.05) is 6.54 Å². The summed E-state index contributed by atoms with van der Waals surface area (Å²) in [6.07, 6.45) is 1.24. The van der Waals surface area contributed by atoms with Gasteiger partial charge in [0.2, 0.25) is 0 Å². The molecule has 24 heavy (non-hydrogen) atoms. The Morgan fingerprint density at radius 2 is 1.83 bits per heavy atom. The number of halogens is 1. The van der Waals surface area contributed by atoms with E-state index in [9.17, 15) is 24.2 Å². The number of rotatable bonds is 4. The van der Waals surface area contributed by atoms with Crippen molar-refractivity contribution in [1.82, 2.24) is 10.3 Å². The van der Waals surface area contributed by atoms with Crippen LogP contribution in [0.15, 0.2) is 36.5 Å². The summed E-state index contributed by atoms with van der Waals surface area (Å²) in [4.78, 5) is 25.5. The zero-order chi connectivity index (χ0) is 15.4. The third kappa shape index (κ3) is 8.34. The number of carbonyl (C=O) groups is 2. The van der Waals surface area contributed by atoms with Crippen molar-refractivity contribution in [3.8, 4) is 16.9 Å². The first-order valence-corrected chi connectivity index (χ1v) is 5.88. The van der Waals surface area contributed by atoms with Gasteiger partial charge in [-0.15, -0.1) is 0 Å². The van der Waals surface area contributed by atoms with Gasteiger partial charge < -0.3 is 20.3 Å². The van der Waals surface area contributed by atoms with E-state index in [0.717, 1.165) is 6.07 Å². The number of aliphatic carboxylic acids is 1. The van der Waals surface area contributed by atoms with E-state index < -0.39 is 35.7 Å². The van der Waals surface area contributed by atoms with Gasteiger partial charge >= 0.3 is 132 Å². The normalized spacial score (nSPS) is 8.88. The second kappa shape index (κ2) is 13.5. The Kier molecular flexibility index (Phi) is 15.5. The quantitative estimate of drug-likeness (QED) is 0.523. The second-order valence-corrected chi connectivity index (χ2v) is 4.14. The number of aromatic nitrogens is 1. The van der Waals surface area contributed by atoms with Crippen LogP contribution in [0.4, 0.5) is 4.39 Å². The molecule has 2 rings (SSSR count). The molecular formula is C14H10FK2N2NaO4. The number of nitrogens with zero attached hydrogens (tertiary/aromatic N) is 1. The number of carboxylic acids is 1. The van der Waals surface area contributed by atoms with Crippen LogP contribution in [0.2, 0.25) is 0 Å². The van der Waals surface area contributed by atoms with Gasteiger partial charge in [0.05, 0.1) is 12.5 Å². The predicted molar refractivity (Wildman–Crippen MR) is 73.6 cm³/mol. The molecule has 0 saturated carbocycles. The van der Waals surface area contributed by atoms with E-state index >= 15 is 0 Å². The maximum atomic E-state index is 13.1. The van der Waals surface area contributed by atoms with Gasteiger partial charge in [-0.1, -0.05) is 23.9 Å². The van der Waals surface area contributed by atoms with Crippen LogP contribution < -0.4 is 118 Å². The molecule has 2 aromatic rings. The van der Waals surface area contributed by atoms with E-state index in [2.05, 4.69) is 4.98 Å². The van der Waals surface area contributed by atoms with Gasteiger partial charge in [0.15, 0.2) is 0 Å². The van der Waals surface area contributed by atoms with Crippen molar-refractivity contribution in [2.24, 2.45) is 0 Å². The summed E-state index contributed by atoms with van der Waals surface area (Å²) in [6.45, 7) is -0.717. The van der Waals surface area contributed by atoms with Crippen LogP contribution in [-0.2, 0) is 4.79 Å². The van der Waals surface area contributed by atoms with Gasteiger partial charge in [0, 0.05) is 6.20 Å². The summed E-state index contributed by atoms with van der Waals surface area (Å²) in [5, 5.41) is 24.0. The molecule has 110 valence electrons. The summed E-state index contributed by atoms with van der Waals surface area (Å²) >= 11 is 0. The maximum absolute atomic E-state index is 13.1. The topological polar surface area (TPSA) is 105 Å². The fraction of sp³-hybridized carbons (Fsp3) is 0.0714. The first-order valence-electron chi connectivity index (χ1n) is 5.88. The number of nitrogens with one attached hydrogen (secondary N) is 1. The molecule has 0 aliphatic heterocycles. The number of hydrogen-bond acceptors (Lipinski definition) is 5. The number of benzene rings is 1. The fourth-order valence-electron chi connectivity index (χ4n) is 1.68. The molecule has 0 unspecified atom stereocenters.